The van der Waals surface area contributed by atoms with E-state index in [1.54, 1.807) is 13.8 Å². The number of fused-ring (bicyclic) bond motifs is 1. The average molecular weight is 479 g/mol. The van der Waals surface area contributed by atoms with Gasteiger partial charge >= 0.3 is 5.97 Å². The number of ether oxygens (including phenoxy) is 1. The van der Waals surface area contributed by atoms with E-state index in [2.05, 4.69) is 5.48 Å². The number of Topliss-reactive ketones (excluding diaryl/α,β-unsaturated/α-hetero) is 1. The Labute approximate surface area is 201 Å². The van der Waals surface area contributed by atoms with Crippen LogP contribution in [0.1, 0.15) is 41.4 Å². The highest BCUT2D eigenvalue weighted by molar-refractivity contribution is 6.04. The molecule has 9 nitrogen and oxygen atoms in total. The number of carbonyl (C=O) groups excluding carboxylic acids is 2. The second-order valence-electron chi connectivity index (χ2n) is 8.82. The van der Waals surface area contributed by atoms with E-state index in [1.807, 2.05) is 30.3 Å². The number of rotatable bonds is 6. The molecule has 0 aliphatic carbocycles. The zero-order chi connectivity index (χ0) is 25.3. The second kappa shape index (κ2) is 9.19. The summed E-state index contributed by atoms with van der Waals surface area (Å²) < 4.78 is 5.94. The minimum Gasteiger partial charge on any atom is -0.508 e. The first-order chi connectivity index (χ1) is 16.6. The number of nitrogens with one attached hydrogen (secondary N) is 1. The Balaban J connectivity index is 1.59. The third-order valence-corrected chi connectivity index (χ3v) is 6.07. The van der Waals surface area contributed by atoms with Gasteiger partial charge in [0.05, 0.1) is 11.3 Å². The van der Waals surface area contributed by atoms with Gasteiger partial charge in [-0.3, -0.25) is 4.79 Å². The van der Waals surface area contributed by atoms with Crippen LogP contribution in [-0.4, -0.2) is 38.7 Å². The van der Waals surface area contributed by atoms with E-state index in [1.165, 1.54) is 24.3 Å². The predicted octanol–water partition coefficient (Wildman–Crippen LogP) is 3.47. The lowest BCUT2D eigenvalue weighted by Crippen LogP contribution is -2.41. The normalized spacial score (nSPS) is 17.4. The van der Waals surface area contributed by atoms with Crippen LogP contribution in [0.25, 0.3) is 0 Å². The lowest BCUT2D eigenvalue weighted by molar-refractivity contribution is -0.157. The van der Waals surface area contributed by atoms with Crippen LogP contribution in [0.3, 0.4) is 0 Å². The molecule has 1 heterocycles. The molecular weight excluding hydrogens is 454 g/mol. The molecule has 4 rings (SSSR count). The first-order valence-electron chi connectivity index (χ1n) is 10.9. The first kappa shape index (κ1) is 23.9. The quantitative estimate of drug-likeness (QED) is 0.265. The molecule has 0 spiro atoms. The number of carbonyl (C=O) groups is 2. The molecule has 3 aromatic carbocycles. The van der Waals surface area contributed by atoms with Crippen molar-refractivity contribution >= 4 is 11.8 Å². The Morgan fingerprint density at radius 1 is 0.971 bits per heavy atom. The van der Waals surface area contributed by atoms with Gasteiger partial charge < -0.3 is 30.0 Å². The Morgan fingerprint density at radius 2 is 1.69 bits per heavy atom. The fourth-order valence-corrected chi connectivity index (χ4v) is 3.98. The minimum absolute atomic E-state index is 0.0384. The Bertz CT molecular complexity index is 1270. The molecule has 5 N–H and O–H groups in total. The summed E-state index contributed by atoms with van der Waals surface area (Å²) >= 11 is 0. The number of aromatic hydroxyl groups is 4. The van der Waals surface area contributed by atoms with Crippen molar-refractivity contribution in [2.45, 2.75) is 25.4 Å². The molecule has 0 radical (unpaired) electrons. The van der Waals surface area contributed by atoms with Gasteiger partial charge in [0.2, 0.25) is 0 Å². The van der Waals surface area contributed by atoms with Gasteiger partial charge in [-0.05, 0) is 37.1 Å². The van der Waals surface area contributed by atoms with Gasteiger partial charge in [-0.1, -0.05) is 36.4 Å². The molecule has 0 aromatic heterocycles. The molecule has 2 atom stereocenters. The molecule has 1 aliphatic heterocycles. The van der Waals surface area contributed by atoms with E-state index in [9.17, 15) is 30.0 Å². The molecule has 35 heavy (non-hydrogen) atoms. The van der Waals surface area contributed by atoms with E-state index in [-0.39, 0.29) is 29.4 Å². The fraction of sp³-hybridized carbons (Fsp3) is 0.231. The first-order valence-corrected chi connectivity index (χ1v) is 10.9. The van der Waals surface area contributed by atoms with Gasteiger partial charge in [0.25, 0.3) is 0 Å². The van der Waals surface area contributed by atoms with Crippen molar-refractivity contribution in [3.05, 3.63) is 77.4 Å². The van der Waals surface area contributed by atoms with Crippen molar-refractivity contribution in [3.8, 4) is 28.7 Å². The van der Waals surface area contributed by atoms with Crippen molar-refractivity contribution in [2.75, 3.05) is 6.54 Å². The second-order valence-corrected chi connectivity index (χ2v) is 8.82. The molecule has 1 aliphatic rings. The topological polar surface area (TPSA) is 146 Å². The number of hydrogen-bond donors (Lipinski definition) is 5. The van der Waals surface area contributed by atoms with E-state index >= 15 is 0 Å². The SMILES string of the molecule is CC(C)(C(=O)ONC[C@H]1C(=O)c2c(O)cc(O)cc2O[C@H]1c1ccc(O)c(O)c1)c1ccccc1. The standard InChI is InChI=1S/C26H25NO8/c1-26(2,15-6-4-3-5-7-15)25(33)35-27-13-17-23(32)22-20(31)11-16(28)12-21(22)34-24(17)14-8-9-18(29)19(30)10-14/h3-12,17,24,27-31H,13H2,1-2H3/t17-,24-/m0/s1. The largest absolute Gasteiger partial charge is 0.508 e. The molecule has 0 saturated heterocycles. The zero-order valence-electron chi connectivity index (χ0n) is 19.1. The van der Waals surface area contributed by atoms with Crippen LogP contribution in [0.4, 0.5) is 0 Å². The lowest BCUT2D eigenvalue weighted by atomic mass is 9.85. The van der Waals surface area contributed by atoms with Crippen LogP contribution in [0.2, 0.25) is 0 Å². The molecule has 3 aromatic rings. The molecule has 0 fully saturated rings. The Kier molecular flexibility index (Phi) is 6.27. The number of hydrogen-bond acceptors (Lipinski definition) is 9. The summed E-state index contributed by atoms with van der Waals surface area (Å²) in [5.41, 5.74) is 2.57. The van der Waals surface area contributed by atoms with Crippen molar-refractivity contribution < 1.29 is 39.6 Å². The van der Waals surface area contributed by atoms with Gasteiger partial charge in [-0.2, -0.15) is 5.48 Å². The lowest BCUT2D eigenvalue weighted by Gasteiger charge is -2.33. The van der Waals surface area contributed by atoms with Crippen molar-refractivity contribution in [3.63, 3.8) is 0 Å². The summed E-state index contributed by atoms with van der Waals surface area (Å²) in [4.78, 5) is 31.4. The van der Waals surface area contributed by atoms with Crippen molar-refractivity contribution in [1.29, 1.82) is 0 Å². The fourth-order valence-electron chi connectivity index (χ4n) is 3.98. The minimum atomic E-state index is -0.991. The molecule has 0 amide bonds. The highest BCUT2D eigenvalue weighted by atomic mass is 16.7. The number of ketones is 1. The van der Waals surface area contributed by atoms with Gasteiger partial charge in [-0.25, -0.2) is 4.79 Å². The summed E-state index contributed by atoms with van der Waals surface area (Å²) in [5.74, 6) is -3.63. The highest BCUT2D eigenvalue weighted by Crippen LogP contribution is 2.45. The Hall–Kier alpha value is -4.24. The molecule has 0 bridgehead atoms. The summed E-state index contributed by atoms with van der Waals surface area (Å²) in [6.45, 7) is 3.25. The molecule has 9 heteroatoms. The average Bonchev–Trinajstić information content (AvgIpc) is 2.82. The number of phenolic OH excluding ortho intramolecular Hbond substituents is 4. The summed E-state index contributed by atoms with van der Waals surface area (Å²) in [6.07, 6.45) is -0.990. The van der Waals surface area contributed by atoms with Crippen molar-refractivity contribution in [2.24, 2.45) is 5.92 Å². The maximum Gasteiger partial charge on any atom is 0.334 e. The van der Waals surface area contributed by atoms with Crippen LogP contribution >= 0.6 is 0 Å². The number of phenols is 4. The third-order valence-electron chi connectivity index (χ3n) is 6.07. The maximum atomic E-state index is 13.4. The van der Waals surface area contributed by atoms with E-state index in [0.717, 1.165) is 11.6 Å². The molecule has 182 valence electrons. The molecule has 0 unspecified atom stereocenters. The third kappa shape index (κ3) is 4.58. The maximum absolute atomic E-state index is 13.4. The predicted molar refractivity (Wildman–Crippen MR) is 124 cm³/mol. The monoisotopic (exact) mass is 479 g/mol. The van der Waals surface area contributed by atoms with Crippen LogP contribution < -0.4 is 10.2 Å². The van der Waals surface area contributed by atoms with Gasteiger partial charge in [0, 0.05) is 18.7 Å². The van der Waals surface area contributed by atoms with Crippen LogP contribution in [0.15, 0.2) is 60.7 Å². The number of benzene rings is 3. The van der Waals surface area contributed by atoms with Gasteiger partial charge in [0.1, 0.15) is 28.9 Å². The van der Waals surface area contributed by atoms with E-state index < -0.39 is 40.7 Å². The van der Waals surface area contributed by atoms with Gasteiger partial charge in [0.15, 0.2) is 17.3 Å². The Morgan fingerprint density at radius 3 is 2.37 bits per heavy atom. The van der Waals surface area contributed by atoms with Crippen LogP contribution in [-0.2, 0) is 15.0 Å². The van der Waals surface area contributed by atoms with Crippen LogP contribution in [0.5, 0.6) is 28.7 Å². The van der Waals surface area contributed by atoms with E-state index in [4.69, 9.17) is 9.57 Å². The summed E-state index contributed by atoms with van der Waals surface area (Å²) in [5, 5.41) is 39.7. The van der Waals surface area contributed by atoms with E-state index in [0.29, 0.717) is 5.56 Å². The highest BCUT2D eigenvalue weighted by Gasteiger charge is 2.41. The van der Waals surface area contributed by atoms with Crippen LogP contribution in [0, 0.1) is 5.92 Å². The molecule has 0 saturated carbocycles. The molecular formula is C26H25NO8. The van der Waals surface area contributed by atoms with Gasteiger partial charge in [-0.15, -0.1) is 0 Å². The summed E-state index contributed by atoms with van der Waals surface area (Å²) in [7, 11) is 0. The number of hydroxylamine groups is 1. The van der Waals surface area contributed by atoms with Crippen molar-refractivity contribution in [1.82, 2.24) is 5.48 Å². The zero-order valence-corrected chi connectivity index (χ0v) is 19.1. The summed E-state index contributed by atoms with van der Waals surface area (Å²) in [6, 6.07) is 15.3. The smallest absolute Gasteiger partial charge is 0.334 e.